The molecule has 2 fully saturated rings. The molecule has 1 aromatic heterocycles. The van der Waals surface area contributed by atoms with Crippen molar-refractivity contribution in [3.05, 3.63) is 47.3 Å². The number of ether oxygens (including phenoxy) is 1. The van der Waals surface area contributed by atoms with Crippen LogP contribution in [0, 0.1) is 0 Å². The summed E-state index contributed by atoms with van der Waals surface area (Å²) in [6.45, 7) is 4.04. The number of fused-ring (bicyclic) bond motifs is 1. The van der Waals surface area contributed by atoms with Gasteiger partial charge in [0.15, 0.2) is 0 Å². The van der Waals surface area contributed by atoms with Crippen molar-refractivity contribution in [2.45, 2.75) is 83.3 Å². The molecule has 0 spiro atoms. The Bertz CT molecular complexity index is 1100. The third-order valence-corrected chi connectivity index (χ3v) is 7.06. The van der Waals surface area contributed by atoms with Crippen molar-refractivity contribution in [2.24, 2.45) is 0 Å². The lowest BCUT2D eigenvalue weighted by atomic mass is 9.92. The van der Waals surface area contributed by atoms with Gasteiger partial charge < -0.3 is 15.0 Å². The normalized spacial score (nSPS) is 24.8. The smallest absolute Gasteiger partial charge is 0.255 e. The van der Waals surface area contributed by atoms with Crippen molar-refractivity contribution >= 4 is 17.7 Å². The monoisotopic (exact) mass is 465 g/mol. The van der Waals surface area contributed by atoms with Gasteiger partial charge in [0.1, 0.15) is 17.9 Å². The van der Waals surface area contributed by atoms with Gasteiger partial charge in [0.25, 0.3) is 5.91 Å². The highest BCUT2D eigenvalue weighted by Gasteiger charge is 2.39. The molecule has 34 heavy (non-hydrogen) atoms. The second-order valence-corrected chi connectivity index (χ2v) is 9.35. The number of piperidine rings is 1. The number of benzene rings is 1. The molecule has 1 aromatic carbocycles. The Morgan fingerprint density at radius 3 is 2.82 bits per heavy atom. The molecule has 3 unspecified atom stereocenters. The van der Waals surface area contributed by atoms with Gasteiger partial charge >= 0.3 is 0 Å². The molecule has 1 aliphatic carbocycles. The van der Waals surface area contributed by atoms with E-state index in [2.05, 4.69) is 28.9 Å². The summed E-state index contributed by atoms with van der Waals surface area (Å²) in [5.74, 6) is -0.0968. The average Bonchev–Trinajstić information content (AvgIpc) is 3.43. The fourth-order valence-electron chi connectivity index (χ4n) is 5.19. The van der Waals surface area contributed by atoms with Crippen LogP contribution in [0.25, 0.3) is 0 Å². The van der Waals surface area contributed by atoms with Crippen molar-refractivity contribution < 1.29 is 19.1 Å². The Morgan fingerprint density at radius 2 is 2.03 bits per heavy atom. The van der Waals surface area contributed by atoms with Crippen LogP contribution in [0.1, 0.15) is 66.9 Å². The molecule has 5 rings (SSSR count). The van der Waals surface area contributed by atoms with Crippen LogP contribution in [0.2, 0.25) is 0 Å². The van der Waals surface area contributed by atoms with Crippen LogP contribution in [0.5, 0.6) is 5.75 Å². The molecule has 1 saturated heterocycles. The van der Waals surface area contributed by atoms with Gasteiger partial charge in [-0.3, -0.25) is 24.4 Å². The molecule has 9 nitrogen and oxygen atoms in total. The van der Waals surface area contributed by atoms with Crippen molar-refractivity contribution in [1.29, 1.82) is 0 Å². The first-order valence-corrected chi connectivity index (χ1v) is 12.2. The lowest BCUT2D eigenvalue weighted by Crippen LogP contribution is -2.52. The quantitative estimate of drug-likeness (QED) is 0.607. The number of amides is 3. The summed E-state index contributed by atoms with van der Waals surface area (Å²) in [6, 6.07) is 5.21. The number of hydrogen-bond donors (Lipinski definition) is 2. The number of carbonyl (C=O) groups is 3. The Labute approximate surface area is 198 Å². The van der Waals surface area contributed by atoms with E-state index in [9.17, 15) is 14.4 Å². The summed E-state index contributed by atoms with van der Waals surface area (Å²) in [7, 11) is 0. The van der Waals surface area contributed by atoms with Crippen LogP contribution in [-0.4, -0.2) is 50.6 Å². The van der Waals surface area contributed by atoms with Crippen molar-refractivity contribution in [1.82, 2.24) is 25.3 Å². The second kappa shape index (κ2) is 9.58. The van der Waals surface area contributed by atoms with Crippen LogP contribution in [0.4, 0.5) is 0 Å². The molecule has 3 amide bonds. The highest BCUT2D eigenvalue weighted by molar-refractivity contribution is 6.05. The Kier molecular flexibility index (Phi) is 6.36. The van der Waals surface area contributed by atoms with Crippen molar-refractivity contribution in [2.75, 3.05) is 0 Å². The van der Waals surface area contributed by atoms with E-state index < -0.39 is 11.9 Å². The van der Waals surface area contributed by atoms with E-state index in [1.54, 1.807) is 11.0 Å². The minimum atomic E-state index is -0.606. The predicted molar refractivity (Wildman–Crippen MR) is 124 cm³/mol. The van der Waals surface area contributed by atoms with E-state index in [-0.39, 0.29) is 30.4 Å². The minimum absolute atomic E-state index is 0.0522. The van der Waals surface area contributed by atoms with E-state index in [4.69, 9.17) is 4.74 Å². The summed E-state index contributed by atoms with van der Waals surface area (Å²) in [6.07, 6.45) is 8.97. The zero-order chi connectivity index (χ0) is 23.7. The number of carbonyl (C=O) groups excluding carboxylic acids is 3. The number of nitrogens with one attached hydrogen (secondary N) is 2. The molecule has 180 valence electrons. The minimum Gasteiger partial charge on any atom is -0.489 e. The SMILES string of the molecule is CCn1cc(CNC2CCCCC2Oc2ccc3c(c2)CN(C2CCC(=O)NC2=O)C3=O)cn1. The maximum Gasteiger partial charge on any atom is 0.255 e. The van der Waals surface area contributed by atoms with Gasteiger partial charge in [0.05, 0.1) is 6.20 Å². The predicted octanol–water partition coefficient (Wildman–Crippen LogP) is 2.14. The van der Waals surface area contributed by atoms with Crippen molar-refractivity contribution in [3.8, 4) is 5.75 Å². The second-order valence-electron chi connectivity index (χ2n) is 9.35. The Balaban J connectivity index is 1.24. The van der Waals surface area contributed by atoms with E-state index in [0.717, 1.165) is 49.2 Å². The lowest BCUT2D eigenvalue weighted by molar-refractivity contribution is -0.136. The van der Waals surface area contributed by atoms with E-state index in [0.29, 0.717) is 18.5 Å². The number of nitrogens with zero attached hydrogens (tertiary/aromatic N) is 3. The number of imide groups is 1. The lowest BCUT2D eigenvalue weighted by Gasteiger charge is -2.32. The summed E-state index contributed by atoms with van der Waals surface area (Å²) in [5, 5.41) is 10.3. The van der Waals surface area contributed by atoms with Crippen LogP contribution in [0.15, 0.2) is 30.6 Å². The number of rotatable bonds is 7. The summed E-state index contributed by atoms with van der Waals surface area (Å²) < 4.78 is 8.35. The molecule has 1 saturated carbocycles. The Hall–Kier alpha value is -3.20. The number of hydrogen-bond acceptors (Lipinski definition) is 6. The van der Waals surface area contributed by atoms with Crippen LogP contribution in [-0.2, 0) is 29.2 Å². The van der Waals surface area contributed by atoms with E-state index in [1.165, 1.54) is 6.42 Å². The molecule has 9 heteroatoms. The zero-order valence-corrected chi connectivity index (χ0v) is 19.5. The number of aryl methyl sites for hydroxylation is 1. The summed E-state index contributed by atoms with van der Waals surface area (Å²) in [5.41, 5.74) is 2.62. The first-order valence-electron chi connectivity index (χ1n) is 12.2. The van der Waals surface area contributed by atoms with Gasteiger partial charge in [0, 0.05) is 49.4 Å². The maximum atomic E-state index is 12.9. The molecule has 2 aromatic rings. The van der Waals surface area contributed by atoms with Crippen LogP contribution >= 0.6 is 0 Å². The van der Waals surface area contributed by atoms with Crippen molar-refractivity contribution in [3.63, 3.8) is 0 Å². The third-order valence-electron chi connectivity index (χ3n) is 7.06. The van der Waals surface area contributed by atoms with Gasteiger partial charge in [-0.15, -0.1) is 0 Å². The molecule has 0 radical (unpaired) electrons. The summed E-state index contributed by atoms with van der Waals surface area (Å²) >= 11 is 0. The van der Waals surface area contributed by atoms with E-state index in [1.807, 2.05) is 23.0 Å². The zero-order valence-electron chi connectivity index (χ0n) is 19.5. The van der Waals surface area contributed by atoms with Gasteiger partial charge in [-0.2, -0.15) is 5.10 Å². The first kappa shape index (κ1) is 22.6. The summed E-state index contributed by atoms with van der Waals surface area (Å²) in [4.78, 5) is 38.2. The third kappa shape index (κ3) is 4.57. The molecular weight excluding hydrogens is 434 g/mol. The largest absolute Gasteiger partial charge is 0.489 e. The van der Waals surface area contributed by atoms with Gasteiger partial charge in [-0.1, -0.05) is 6.42 Å². The average molecular weight is 466 g/mol. The standard InChI is InChI=1S/C25H31N5O4/c1-2-29-14-16(13-27-29)12-26-20-5-3-4-6-22(20)34-18-7-8-19-17(11-18)15-30(25(19)33)21-9-10-23(31)28-24(21)32/h7-8,11,13-14,20-22,26H,2-6,9-10,12,15H2,1H3,(H,28,31,32). The Morgan fingerprint density at radius 1 is 1.18 bits per heavy atom. The fourth-order valence-corrected chi connectivity index (χ4v) is 5.19. The molecule has 2 aliphatic heterocycles. The van der Waals surface area contributed by atoms with Crippen LogP contribution < -0.4 is 15.4 Å². The topological polar surface area (TPSA) is 106 Å². The molecule has 3 atom stereocenters. The first-order chi connectivity index (χ1) is 16.5. The molecular formula is C25H31N5O4. The fraction of sp³-hybridized carbons (Fsp3) is 0.520. The maximum absolute atomic E-state index is 12.9. The molecule has 2 N–H and O–H groups in total. The van der Waals surface area contributed by atoms with Gasteiger partial charge in [-0.05, 0) is 56.4 Å². The van der Waals surface area contributed by atoms with Crippen LogP contribution in [0.3, 0.4) is 0 Å². The molecule has 0 bridgehead atoms. The number of aromatic nitrogens is 2. The van der Waals surface area contributed by atoms with Gasteiger partial charge in [-0.25, -0.2) is 0 Å². The van der Waals surface area contributed by atoms with E-state index >= 15 is 0 Å². The highest BCUT2D eigenvalue weighted by atomic mass is 16.5. The van der Waals surface area contributed by atoms with Gasteiger partial charge in [0.2, 0.25) is 11.8 Å². The highest BCUT2D eigenvalue weighted by Crippen LogP contribution is 2.32. The molecule has 3 aliphatic rings. The molecule has 3 heterocycles.